The molecule has 0 spiro atoms. The van der Waals surface area contributed by atoms with Crippen molar-refractivity contribution in [3.63, 3.8) is 0 Å². The summed E-state index contributed by atoms with van der Waals surface area (Å²) in [6.07, 6.45) is 2.58. The predicted octanol–water partition coefficient (Wildman–Crippen LogP) is 4.39. The fraction of sp³-hybridized carbons (Fsp3) is 0.474. The Balaban J connectivity index is 1.69. The van der Waals surface area contributed by atoms with Crippen LogP contribution in [-0.2, 0) is 0 Å². The first kappa shape index (κ1) is 14.4. The summed E-state index contributed by atoms with van der Waals surface area (Å²) in [4.78, 5) is 0. The van der Waals surface area contributed by atoms with Crippen LogP contribution in [0.4, 0.5) is 0 Å². The van der Waals surface area contributed by atoms with Crippen LogP contribution in [0.3, 0.4) is 0 Å². The summed E-state index contributed by atoms with van der Waals surface area (Å²) >= 11 is 0. The molecule has 2 nitrogen and oxygen atoms in total. The molecule has 1 saturated carbocycles. The van der Waals surface area contributed by atoms with Crippen LogP contribution in [0, 0.1) is 5.41 Å². The molecule has 0 saturated heterocycles. The number of fused-ring (bicyclic) bond motifs is 1. The summed E-state index contributed by atoms with van der Waals surface area (Å²) in [5.74, 6) is 0.987. The molecular weight excluding hydrogens is 258 g/mol. The normalized spacial score (nSPS) is 23.8. The van der Waals surface area contributed by atoms with E-state index in [4.69, 9.17) is 4.74 Å². The van der Waals surface area contributed by atoms with Gasteiger partial charge in [0.15, 0.2) is 0 Å². The van der Waals surface area contributed by atoms with Crippen LogP contribution in [0.1, 0.15) is 33.6 Å². The van der Waals surface area contributed by atoms with Crippen LogP contribution >= 0.6 is 0 Å². The number of rotatable bonds is 5. The third-order valence-electron chi connectivity index (χ3n) is 4.82. The molecule has 0 amide bonds. The topological polar surface area (TPSA) is 21.3 Å². The van der Waals surface area contributed by atoms with Crippen molar-refractivity contribution < 1.29 is 4.74 Å². The molecular formula is C19H25NO. The van der Waals surface area contributed by atoms with E-state index in [1.165, 1.54) is 17.2 Å². The van der Waals surface area contributed by atoms with Crippen LogP contribution in [0.15, 0.2) is 42.5 Å². The monoisotopic (exact) mass is 283 g/mol. The van der Waals surface area contributed by atoms with E-state index in [-0.39, 0.29) is 5.41 Å². The second kappa shape index (κ2) is 5.69. The first-order valence-corrected chi connectivity index (χ1v) is 8.00. The van der Waals surface area contributed by atoms with Crippen molar-refractivity contribution in [1.29, 1.82) is 0 Å². The van der Waals surface area contributed by atoms with Gasteiger partial charge in [-0.15, -0.1) is 0 Å². The Labute approximate surface area is 127 Å². The maximum Gasteiger partial charge on any atom is 0.120 e. The van der Waals surface area contributed by atoms with Gasteiger partial charge in [0.25, 0.3) is 0 Å². The lowest BCUT2D eigenvalue weighted by Crippen LogP contribution is -2.62. The first-order chi connectivity index (χ1) is 10.1. The largest absolute Gasteiger partial charge is 0.490 e. The van der Waals surface area contributed by atoms with Crippen molar-refractivity contribution in [2.45, 2.75) is 45.8 Å². The van der Waals surface area contributed by atoms with E-state index in [2.05, 4.69) is 68.6 Å². The average molecular weight is 283 g/mol. The van der Waals surface area contributed by atoms with Crippen LogP contribution in [0.2, 0.25) is 0 Å². The van der Waals surface area contributed by atoms with Gasteiger partial charge in [-0.1, -0.05) is 51.1 Å². The molecule has 0 aliphatic heterocycles. The van der Waals surface area contributed by atoms with E-state index in [9.17, 15) is 0 Å². The van der Waals surface area contributed by atoms with Crippen molar-refractivity contribution >= 4 is 10.8 Å². The summed E-state index contributed by atoms with van der Waals surface area (Å²) in [6.45, 7) is 7.91. The minimum absolute atomic E-state index is 0.195. The quantitative estimate of drug-likeness (QED) is 0.879. The fourth-order valence-corrected chi connectivity index (χ4v) is 3.16. The van der Waals surface area contributed by atoms with E-state index in [0.717, 1.165) is 18.7 Å². The fourth-order valence-electron chi connectivity index (χ4n) is 3.16. The molecule has 0 radical (unpaired) electrons. The highest BCUT2D eigenvalue weighted by Crippen LogP contribution is 2.43. The van der Waals surface area contributed by atoms with Gasteiger partial charge in [-0.3, -0.25) is 0 Å². The summed E-state index contributed by atoms with van der Waals surface area (Å²) in [7, 11) is 0. The van der Waals surface area contributed by atoms with Crippen molar-refractivity contribution in [3.8, 4) is 5.75 Å². The zero-order valence-corrected chi connectivity index (χ0v) is 13.2. The van der Waals surface area contributed by atoms with Gasteiger partial charge < -0.3 is 10.1 Å². The van der Waals surface area contributed by atoms with Gasteiger partial charge in [0.2, 0.25) is 0 Å². The zero-order chi connectivity index (χ0) is 14.9. The van der Waals surface area contributed by atoms with Gasteiger partial charge in [0.1, 0.15) is 11.9 Å². The van der Waals surface area contributed by atoms with E-state index in [1.54, 1.807) is 0 Å². The summed E-state index contributed by atoms with van der Waals surface area (Å²) in [6, 6.07) is 15.4. The molecule has 1 aliphatic carbocycles. The molecule has 21 heavy (non-hydrogen) atoms. The van der Waals surface area contributed by atoms with Crippen molar-refractivity contribution in [2.75, 3.05) is 6.54 Å². The SMILES string of the molecule is CCCNC1CC(Oc2ccc3ccccc3c2)C1(C)C. The van der Waals surface area contributed by atoms with Gasteiger partial charge >= 0.3 is 0 Å². The number of hydrogen-bond donors (Lipinski definition) is 1. The maximum atomic E-state index is 6.24. The Bertz CT molecular complexity index is 620. The van der Waals surface area contributed by atoms with Crippen LogP contribution in [0.25, 0.3) is 10.8 Å². The van der Waals surface area contributed by atoms with E-state index >= 15 is 0 Å². The molecule has 112 valence electrons. The van der Waals surface area contributed by atoms with Crippen molar-refractivity contribution in [2.24, 2.45) is 5.41 Å². The Hall–Kier alpha value is -1.54. The number of hydrogen-bond acceptors (Lipinski definition) is 2. The van der Waals surface area contributed by atoms with Gasteiger partial charge in [-0.25, -0.2) is 0 Å². The smallest absolute Gasteiger partial charge is 0.120 e. The van der Waals surface area contributed by atoms with Gasteiger partial charge in [-0.2, -0.15) is 0 Å². The molecule has 0 bridgehead atoms. The van der Waals surface area contributed by atoms with E-state index in [0.29, 0.717) is 12.1 Å². The van der Waals surface area contributed by atoms with E-state index < -0.39 is 0 Å². The third-order valence-corrected chi connectivity index (χ3v) is 4.82. The lowest BCUT2D eigenvalue weighted by atomic mass is 9.64. The lowest BCUT2D eigenvalue weighted by Gasteiger charge is -2.51. The lowest BCUT2D eigenvalue weighted by molar-refractivity contribution is -0.0545. The predicted molar refractivity (Wildman–Crippen MR) is 88.8 cm³/mol. The van der Waals surface area contributed by atoms with Crippen molar-refractivity contribution in [3.05, 3.63) is 42.5 Å². The number of benzene rings is 2. The number of ether oxygens (including phenoxy) is 1. The molecule has 2 aromatic carbocycles. The Morgan fingerprint density at radius 1 is 1.14 bits per heavy atom. The maximum absolute atomic E-state index is 6.24. The van der Waals surface area contributed by atoms with Crippen molar-refractivity contribution in [1.82, 2.24) is 5.32 Å². The molecule has 1 aliphatic rings. The first-order valence-electron chi connectivity index (χ1n) is 8.00. The summed E-state index contributed by atoms with van der Waals surface area (Å²) in [5, 5.41) is 6.13. The molecule has 2 atom stereocenters. The standard InChI is InChI=1S/C19H25NO/c1-4-11-20-17-13-18(19(17,2)3)21-16-10-9-14-7-5-6-8-15(14)12-16/h5-10,12,17-18,20H,4,11,13H2,1-3H3. The second-order valence-electron chi connectivity index (χ2n) is 6.68. The highest BCUT2D eigenvalue weighted by atomic mass is 16.5. The number of nitrogens with one attached hydrogen (secondary N) is 1. The second-order valence-corrected chi connectivity index (χ2v) is 6.68. The van der Waals surface area contributed by atoms with Gasteiger partial charge in [0, 0.05) is 17.9 Å². The zero-order valence-electron chi connectivity index (χ0n) is 13.2. The molecule has 3 rings (SSSR count). The van der Waals surface area contributed by atoms with Crippen LogP contribution in [-0.4, -0.2) is 18.7 Å². The Morgan fingerprint density at radius 2 is 1.90 bits per heavy atom. The molecule has 0 heterocycles. The average Bonchev–Trinajstić information content (AvgIpc) is 2.50. The van der Waals surface area contributed by atoms with Gasteiger partial charge in [-0.05, 0) is 35.9 Å². The highest BCUT2D eigenvalue weighted by Gasteiger charge is 2.49. The molecule has 2 heteroatoms. The van der Waals surface area contributed by atoms with Crippen LogP contribution < -0.4 is 10.1 Å². The molecule has 2 aromatic rings. The third kappa shape index (κ3) is 2.77. The minimum atomic E-state index is 0.195. The molecule has 0 aromatic heterocycles. The van der Waals surface area contributed by atoms with Crippen LogP contribution in [0.5, 0.6) is 5.75 Å². The molecule has 1 N–H and O–H groups in total. The molecule has 1 fully saturated rings. The minimum Gasteiger partial charge on any atom is -0.490 e. The highest BCUT2D eigenvalue weighted by molar-refractivity contribution is 5.83. The molecule has 2 unspecified atom stereocenters. The summed E-state index contributed by atoms with van der Waals surface area (Å²) < 4.78 is 6.24. The van der Waals surface area contributed by atoms with Gasteiger partial charge in [0.05, 0.1) is 0 Å². The van der Waals surface area contributed by atoms with E-state index in [1.807, 2.05) is 0 Å². The Kier molecular flexibility index (Phi) is 3.90. The summed E-state index contributed by atoms with van der Waals surface area (Å²) in [5.41, 5.74) is 0.195. The Morgan fingerprint density at radius 3 is 2.62 bits per heavy atom.